The third kappa shape index (κ3) is 2.81. The minimum absolute atomic E-state index is 0.315. The predicted molar refractivity (Wildman–Crippen MR) is 47.4 cm³/mol. The van der Waals surface area contributed by atoms with Crippen molar-refractivity contribution >= 4 is 5.97 Å². The van der Waals surface area contributed by atoms with Gasteiger partial charge in [0.1, 0.15) is 6.04 Å². The van der Waals surface area contributed by atoms with Crippen LogP contribution in [0.5, 0.6) is 0 Å². The van der Waals surface area contributed by atoms with Gasteiger partial charge in [-0.2, -0.15) is 4.98 Å². The Bertz CT molecular complexity index is 311. The van der Waals surface area contributed by atoms with Crippen molar-refractivity contribution in [3.8, 4) is 0 Å². The molecule has 0 aliphatic rings. The first-order valence-corrected chi connectivity index (χ1v) is 4.24. The molecule has 0 saturated heterocycles. The van der Waals surface area contributed by atoms with Gasteiger partial charge >= 0.3 is 5.97 Å². The number of nitrogens with one attached hydrogen (secondary N) is 1. The number of rotatable bonds is 4. The first-order valence-electron chi connectivity index (χ1n) is 4.24. The van der Waals surface area contributed by atoms with Crippen molar-refractivity contribution in [1.82, 2.24) is 15.5 Å². The van der Waals surface area contributed by atoms with Gasteiger partial charge in [-0.15, -0.1) is 0 Å². The highest BCUT2D eigenvalue weighted by Crippen LogP contribution is 1.95. The summed E-state index contributed by atoms with van der Waals surface area (Å²) in [6.07, 6.45) is 0. The third-order valence-corrected chi connectivity index (χ3v) is 1.69. The number of nitrogens with zero attached hydrogens (tertiary/aromatic N) is 2. The van der Waals surface area contributed by atoms with Crippen LogP contribution in [0, 0.1) is 6.92 Å². The molecule has 1 atom stereocenters. The predicted octanol–water partition coefficient (Wildman–Crippen LogP) is 0.0291. The lowest BCUT2D eigenvalue weighted by atomic mass is 10.3. The number of methoxy groups -OCH3 is 1. The molecular weight excluding hydrogens is 186 g/mol. The van der Waals surface area contributed by atoms with Crippen LogP contribution in [0.1, 0.15) is 18.6 Å². The Hall–Kier alpha value is -1.43. The van der Waals surface area contributed by atoms with E-state index in [0.717, 1.165) is 0 Å². The van der Waals surface area contributed by atoms with Gasteiger partial charge in [0.25, 0.3) is 0 Å². The highest BCUT2D eigenvalue weighted by Gasteiger charge is 2.13. The second kappa shape index (κ2) is 4.71. The van der Waals surface area contributed by atoms with Gasteiger partial charge in [-0.25, -0.2) is 0 Å². The number of esters is 1. The quantitative estimate of drug-likeness (QED) is 0.689. The van der Waals surface area contributed by atoms with Crippen molar-refractivity contribution in [2.75, 3.05) is 7.11 Å². The molecule has 0 saturated carbocycles. The molecule has 0 aromatic carbocycles. The van der Waals surface area contributed by atoms with E-state index >= 15 is 0 Å². The molecule has 1 heterocycles. The number of ether oxygens (including phenoxy) is 1. The zero-order valence-corrected chi connectivity index (χ0v) is 8.40. The van der Waals surface area contributed by atoms with Crippen molar-refractivity contribution < 1.29 is 14.1 Å². The molecule has 1 N–H and O–H groups in total. The fourth-order valence-corrected chi connectivity index (χ4v) is 0.918. The Morgan fingerprint density at radius 3 is 2.93 bits per heavy atom. The lowest BCUT2D eigenvalue weighted by molar-refractivity contribution is -0.142. The molecular formula is C8H13N3O3. The summed E-state index contributed by atoms with van der Waals surface area (Å²) in [7, 11) is 1.35. The van der Waals surface area contributed by atoms with Crippen LogP contribution in [0.15, 0.2) is 4.52 Å². The lowest BCUT2D eigenvalue weighted by Crippen LogP contribution is -2.34. The molecule has 0 radical (unpaired) electrons. The molecule has 1 aromatic heterocycles. The number of aromatic nitrogens is 2. The SMILES string of the molecule is COC(=O)C(C)NCc1noc(C)n1. The molecule has 0 aliphatic heterocycles. The van der Waals surface area contributed by atoms with Crippen LogP contribution < -0.4 is 5.32 Å². The number of carbonyl (C=O) groups excluding carboxylic acids is 1. The third-order valence-electron chi connectivity index (χ3n) is 1.69. The standard InChI is InChI=1S/C8H13N3O3/c1-5(8(12)13-3)9-4-7-10-6(2)14-11-7/h5,9H,4H2,1-3H3. The van der Waals surface area contributed by atoms with Crippen molar-refractivity contribution in [3.63, 3.8) is 0 Å². The van der Waals surface area contributed by atoms with Crippen LogP contribution in [-0.2, 0) is 16.1 Å². The van der Waals surface area contributed by atoms with Gasteiger partial charge in [0, 0.05) is 6.92 Å². The average molecular weight is 199 g/mol. The highest BCUT2D eigenvalue weighted by molar-refractivity contribution is 5.74. The van der Waals surface area contributed by atoms with Gasteiger partial charge in [0.05, 0.1) is 13.7 Å². The molecule has 0 spiro atoms. The largest absolute Gasteiger partial charge is 0.468 e. The summed E-state index contributed by atoms with van der Waals surface area (Å²) >= 11 is 0. The average Bonchev–Trinajstić information content (AvgIpc) is 2.59. The van der Waals surface area contributed by atoms with Gasteiger partial charge in [0.15, 0.2) is 5.82 Å². The van der Waals surface area contributed by atoms with Gasteiger partial charge in [0.2, 0.25) is 5.89 Å². The van der Waals surface area contributed by atoms with Crippen molar-refractivity contribution in [2.24, 2.45) is 0 Å². The van der Waals surface area contributed by atoms with Gasteiger partial charge in [-0.3, -0.25) is 10.1 Å². The van der Waals surface area contributed by atoms with Crippen LogP contribution in [0.2, 0.25) is 0 Å². The van der Waals surface area contributed by atoms with E-state index < -0.39 is 0 Å². The molecule has 1 aromatic rings. The molecule has 0 aliphatic carbocycles. The van der Waals surface area contributed by atoms with Gasteiger partial charge in [-0.05, 0) is 6.92 Å². The first-order chi connectivity index (χ1) is 6.63. The van der Waals surface area contributed by atoms with Crippen LogP contribution in [-0.4, -0.2) is 29.3 Å². The summed E-state index contributed by atoms with van der Waals surface area (Å²) < 4.78 is 9.31. The number of carbonyl (C=O) groups is 1. The van der Waals surface area contributed by atoms with Crippen molar-refractivity contribution in [1.29, 1.82) is 0 Å². The Kier molecular flexibility index (Phi) is 3.58. The summed E-state index contributed by atoms with van der Waals surface area (Å²) in [6, 6.07) is -0.376. The van der Waals surface area contributed by atoms with Crippen molar-refractivity contribution in [3.05, 3.63) is 11.7 Å². The van der Waals surface area contributed by atoms with Crippen molar-refractivity contribution in [2.45, 2.75) is 26.4 Å². The maximum Gasteiger partial charge on any atom is 0.322 e. The zero-order chi connectivity index (χ0) is 10.6. The monoisotopic (exact) mass is 199 g/mol. The van der Waals surface area contributed by atoms with E-state index in [1.807, 2.05) is 0 Å². The molecule has 1 unspecified atom stereocenters. The molecule has 0 bridgehead atoms. The van der Waals surface area contributed by atoms with Crippen LogP contribution in [0.25, 0.3) is 0 Å². The summed E-state index contributed by atoms with van der Waals surface area (Å²) in [5.74, 6) is 0.719. The lowest BCUT2D eigenvalue weighted by Gasteiger charge is -2.08. The highest BCUT2D eigenvalue weighted by atomic mass is 16.5. The molecule has 14 heavy (non-hydrogen) atoms. The molecule has 6 nitrogen and oxygen atoms in total. The van der Waals surface area contributed by atoms with E-state index in [4.69, 9.17) is 4.52 Å². The number of hydrogen-bond donors (Lipinski definition) is 1. The van der Waals surface area contributed by atoms with E-state index in [2.05, 4.69) is 20.2 Å². The van der Waals surface area contributed by atoms with E-state index in [1.165, 1.54) is 7.11 Å². The Balaban J connectivity index is 2.37. The van der Waals surface area contributed by atoms with Crippen LogP contribution in [0.3, 0.4) is 0 Å². The smallest absolute Gasteiger partial charge is 0.322 e. The van der Waals surface area contributed by atoms with Crippen LogP contribution >= 0.6 is 0 Å². The fraction of sp³-hybridized carbons (Fsp3) is 0.625. The van der Waals surface area contributed by atoms with E-state index in [0.29, 0.717) is 18.3 Å². The van der Waals surface area contributed by atoms with Gasteiger partial charge in [-0.1, -0.05) is 5.16 Å². The molecule has 6 heteroatoms. The molecule has 1 rings (SSSR count). The Labute approximate surface area is 81.6 Å². The summed E-state index contributed by atoms with van der Waals surface area (Å²) in [6.45, 7) is 3.80. The summed E-state index contributed by atoms with van der Waals surface area (Å²) in [5, 5.41) is 6.58. The zero-order valence-electron chi connectivity index (χ0n) is 8.40. The number of hydrogen-bond acceptors (Lipinski definition) is 6. The minimum atomic E-state index is -0.376. The fourth-order valence-electron chi connectivity index (χ4n) is 0.918. The molecule has 0 amide bonds. The second-order valence-electron chi connectivity index (χ2n) is 2.86. The second-order valence-corrected chi connectivity index (χ2v) is 2.86. The van der Waals surface area contributed by atoms with Crippen LogP contribution in [0.4, 0.5) is 0 Å². The Morgan fingerprint density at radius 1 is 1.71 bits per heavy atom. The number of aryl methyl sites for hydroxylation is 1. The van der Waals surface area contributed by atoms with E-state index in [9.17, 15) is 4.79 Å². The molecule has 78 valence electrons. The minimum Gasteiger partial charge on any atom is -0.468 e. The maximum absolute atomic E-state index is 11.0. The summed E-state index contributed by atoms with van der Waals surface area (Å²) in [4.78, 5) is 15.0. The topological polar surface area (TPSA) is 77.2 Å². The maximum atomic E-state index is 11.0. The molecule has 0 fully saturated rings. The summed E-state index contributed by atoms with van der Waals surface area (Å²) in [5.41, 5.74) is 0. The Morgan fingerprint density at radius 2 is 2.43 bits per heavy atom. The van der Waals surface area contributed by atoms with Gasteiger partial charge < -0.3 is 9.26 Å². The normalized spacial score (nSPS) is 12.5. The van der Waals surface area contributed by atoms with E-state index in [1.54, 1.807) is 13.8 Å². The van der Waals surface area contributed by atoms with E-state index in [-0.39, 0.29) is 12.0 Å². The first kappa shape index (κ1) is 10.6.